The lowest BCUT2D eigenvalue weighted by atomic mass is 10.1. The summed E-state index contributed by atoms with van der Waals surface area (Å²) in [5.41, 5.74) is 1.79. The van der Waals surface area contributed by atoms with E-state index in [9.17, 15) is 9.59 Å². The second kappa shape index (κ2) is 7.10. The Kier molecular flexibility index (Phi) is 4.76. The number of fused-ring (bicyclic) bond motifs is 3. The minimum atomic E-state index is -0.570. The standard InChI is InChI=1S/C19H22ClN5O3/c1-12-10-24-15-16(21-18(24)23(12)7-8-28-3)22(2)19(27)25(17(15)26)11-13-5-4-6-14(20)9-13/h4-6,9-10,15-16H,7-8,11H2,1-3H3. The van der Waals surface area contributed by atoms with Gasteiger partial charge in [-0.1, -0.05) is 23.7 Å². The normalized spacial score (nSPS) is 23.9. The maximum atomic E-state index is 13.3. The van der Waals surface area contributed by atoms with Gasteiger partial charge in [0.15, 0.2) is 12.2 Å². The van der Waals surface area contributed by atoms with Crippen LogP contribution in [0.4, 0.5) is 4.79 Å². The Morgan fingerprint density at radius 3 is 2.75 bits per heavy atom. The SMILES string of the molecule is COCCN1C(C)=CN2C1=NC1C2C(=O)N(Cc2cccc(Cl)c2)C(=O)N1C. The lowest BCUT2D eigenvalue weighted by Gasteiger charge is -2.40. The third kappa shape index (κ3) is 2.93. The fourth-order valence-corrected chi connectivity index (χ4v) is 4.04. The first-order valence-electron chi connectivity index (χ1n) is 9.06. The van der Waals surface area contributed by atoms with Gasteiger partial charge in [-0.15, -0.1) is 0 Å². The van der Waals surface area contributed by atoms with Crippen LogP contribution >= 0.6 is 11.6 Å². The molecule has 0 radical (unpaired) electrons. The van der Waals surface area contributed by atoms with Crippen LogP contribution in [0.3, 0.4) is 0 Å². The molecule has 3 aliphatic rings. The first-order chi connectivity index (χ1) is 13.4. The van der Waals surface area contributed by atoms with E-state index in [0.717, 1.165) is 11.3 Å². The summed E-state index contributed by atoms with van der Waals surface area (Å²) in [6, 6.07) is 6.25. The number of ether oxygens (including phenoxy) is 1. The molecule has 8 nitrogen and oxygen atoms in total. The molecule has 1 saturated heterocycles. The molecule has 1 aromatic carbocycles. The number of benzene rings is 1. The lowest BCUT2D eigenvalue weighted by Crippen LogP contribution is -2.63. The van der Waals surface area contributed by atoms with Crippen LogP contribution in [0.15, 0.2) is 41.2 Å². The average Bonchev–Trinajstić information content (AvgIpc) is 3.17. The number of carbonyl (C=O) groups excluding carboxylic acids is 2. The number of nitrogens with zero attached hydrogens (tertiary/aromatic N) is 5. The number of amides is 3. The number of urea groups is 1. The van der Waals surface area contributed by atoms with Gasteiger partial charge in [-0.3, -0.25) is 9.69 Å². The van der Waals surface area contributed by atoms with Gasteiger partial charge in [0.2, 0.25) is 5.96 Å². The highest BCUT2D eigenvalue weighted by Gasteiger charge is 2.54. The van der Waals surface area contributed by atoms with Crippen LogP contribution in [-0.4, -0.2) is 77.0 Å². The second-order valence-corrected chi connectivity index (χ2v) is 7.49. The van der Waals surface area contributed by atoms with E-state index in [1.165, 1.54) is 9.80 Å². The molecule has 3 amide bonds. The highest BCUT2D eigenvalue weighted by atomic mass is 35.5. The summed E-state index contributed by atoms with van der Waals surface area (Å²) in [4.78, 5) is 37.5. The summed E-state index contributed by atoms with van der Waals surface area (Å²) >= 11 is 6.05. The minimum absolute atomic E-state index is 0.172. The molecule has 3 heterocycles. The van der Waals surface area contributed by atoms with E-state index in [0.29, 0.717) is 24.1 Å². The Labute approximate surface area is 168 Å². The van der Waals surface area contributed by atoms with Crippen molar-refractivity contribution < 1.29 is 14.3 Å². The van der Waals surface area contributed by atoms with Crippen molar-refractivity contribution in [1.82, 2.24) is 19.6 Å². The van der Waals surface area contributed by atoms with Gasteiger partial charge >= 0.3 is 6.03 Å². The van der Waals surface area contributed by atoms with E-state index >= 15 is 0 Å². The van der Waals surface area contributed by atoms with Gasteiger partial charge in [-0.05, 0) is 24.6 Å². The van der Waals surface area contributed by atoms with Gasteiger partial charge in [0.25, 0.3) is 5.91 Å². The van der Waals surface area contributed by atoms with E-state index in [2.05, 4.69) is 0 Å². The van der Waals surface area contributed by atoms with Crippen molar-refractivity contribution in [2.24, 2.45) is 4.99 Å². The second-order valence-electron chi connectivity index (χ2n) is 7.06. The topological polar surface area (TPSA) is 68.7 Å². The summed E-state index contributed by atoms with van der Waals surface area (Å²) in [5, 5.41) is 0.569. The summed E-state index contributed by atoms with van der Waals surface area (Å²) < 4.78 is 5.18. The zero-order chi connectivity index (χ0) is 20.0. The monoisotopic (exact) mass is 403 g/mol. The molecule has 2 unspecified atom stereocenters. The van der Waals surface area contributed by atoms with E-state index in [4.69, 9.17) is 21.3 Å². The molecular weight excluding hydrogens is 382 g/mol. The highest BCUT2D eigenvalue weighted by molar-refractivity contribution is 6.30. The predicted octanol–water partition coefficient (Wildman–Crippen LogP) is 1.92. The Bertz CT molecular complexity index is 886. The molecule has 3 aliphatic heterocycles. The third-order valence-electron chi connectivity index (χ3n) is 5.25. The summed E-state index contributed by atoms with van der Waals surface area (Å²) in [6.07, 6.45) is 1.37. The molecule has 0 aromatic heterocycles. The Morgan fingerprint density at radius 1 is 1.25 bits per heavy atom. The van der Waals surface area contributed by atoms with Crippen molar-refractivity contribution in [1.29, 1.82) is 0 Å². The molecule has 148 valence electrons. The van der Waals surface area contributed by atoms with Crippen LogP contribution < -0.4 is 0 Å². The Morgan fingerprint density at radius 2 is 2.04 bits per heavy atom. The zero-order valence-corrected chi connectivity index (χ0v) is 16.8. The first-order valence-corrected chi connectivity index (χ1v) is 9.44. The largest absolute Gasteiger partial charge is 0.383 e. The molecule has 0 N–H and O–H groups in total. The molecule has 9 heteroatoms. The van der Waals surface area contributed by atoms with Crippen LogP contribution in [-0.2, 0) is 16.1 Å². The van der Waals surface area contributed by atoms with E-state index < -0.39 is 12.2 Å². The van der Waals surface area contributed by atoms with Crippen molar-refractivity contribution in [3.63, 3.8) is 0 Å². The van der Waals surface area contributed by atoms with E-state index in [1.807, 2.05) is 29.0 Å². The van der Waals surface area contributed by atoms with Crippen LogP contribution in [0, 0.1) is 0 Å². The number of carbonyl (C=O) groups is 2. The van der Waals surface area contributed by atoms with Gasteiger partial charge in [0.05, 0.1) is 13.2 Å². The van der Waals surface area contributed by atoms with Crippen molar-refractivity contribution >= 4 is 29.5 Å². The number of halogens is 1. The van der Waals surface area contributed by atoms with Crippen LogP contribution in [0.25, 0.3) is 0 Å². The molecule has 1 aromatic rings. The summed E-state index contributed by atoms with van der Waals surface area (Å²) in [5.74, 6) is 0.423. The third-order valence-corrected chi connectivity index (χ3v) is 5.49. The maximum Gasteiger partial charge on any atom is 0.328 e. The Balaban J connectivity index is 1.61. The predicted molar refractivity (Wildman–Crippen MR) is 104 cm³/mol. The summed E-state index contributed by atoms with van der Waals surface area (Å²) in [7, 11) is 3.33. The minimum Gasteiger partial charge on any atom is -0.383 e. The number of aliphatic imine (C=N–C) groups is 1. The van der Waals surface area contributed by atoms with Gasteiger partial charge in [-0.25, -0.2) is 9.79 Å². The van der Waals surface area contributed by atoms with E-state index in [1.54, 1.807) is 32.4 Å². The fraction of sp³-hybridized carbons (Fsp3) is 0.421. The van der Waals surface area contributed by atoms with Crippen LogP contribution in [0.1, 0.15) is 12.5 Å². The van der Waals surface area contributed by atoms with E-state index in [-0.39, 0.29) is 18.5 Å². The molecule has 1 fully saturated rings. The number of methoxy groups -OCH3 is 1. The molecule has 0 spiro atoms. The maximum absolute atomic E-state index is 13.3. The van der Waals surface area contributed by atoms with Gasteiger partial charge in [0.1, 0.15) is 0 Å². The molecule has 0 saturated carbocycles. The summed E-state index contributed by atoms with van der Waals surface area (Å²) in [6.45, 7) is 3.31. The van der Waals surface area contributed by atoms with Gasteiger partial charge in [-0.2, -0.15) is 0 Å². The van der Waals surface area contributed by atoms with Crippen molar-refractivity contribution in [3.8, 4) is 0 Å². The number of guanidine groups is 1. The number of imide groups is 1. The number of hydrogen-bond acceptors (Lipinski definition) is 6. The number of rotatable bonds is 5. The average molecular weight is 404 g/mol. The number of allylic oxidation sites excluding steroid dienone is 1. The molecular formula is C19H22ClN5O3. The van der Waals surface area contributed by atoms with Gasteiger partial charge < -0.3 is 19.4 Å². The zero-order valence-electron chi connectivity index (χ0n) is 16.0. The lowest BCUT2D eigenvalue weighted by molar-refractivity contribution is -0.137. The smallest absolute Gasteiger partial charge is 0.328 e. The quantitative estimate of drug-likeness (QED) is 0.751. The van der Waals surface area contributed by atoms with Crippen LogP contribution in [0.2, 0.25) is 5.02 Å². The Hall–Kier alpha value is -2.58. The van der Waals surface area contributed by atoms with Crippen molar-refractivity contribution in [2.75, 3.05) is 27.3 Å². The fourth-order valence-electron chi connectivity index (χ4n) is 3.82. The molecule has 2 atom stereocenters. The molecule has 0 aliphatic carbocycles. The van der Waals surface area contributed by atoms with Crippen molar-refractivity contribution in [3.05, 3.63) is 46.7 Å². The number of hydrogen-bond donors (Lipinski definition) is 0. The first kappa shape index (κ1) is 18.8. The molecule has 0 bridgehead atoms. The van der Waals surface area contributed by atoms with Crippen molar-refractivity contribution in [2.45, 2.75) is 25.7 Å². The number of likely N-dealkylation sites (N-methyl/N-ethyl adjacent to an activating group) is 1. The molecule has 28 heavy (non-hydrogen) atoms. The van der Waals surface area contributed by atoms with Crippen LogP contribution in [0.5, 0.6) is 0 Å². The van der Waals surface area contributed by atoms with Gasteiger partial charge in [0, 0.05) is 37.6 Å². The highest BCUT2D eigenvalue weighted by Crippen LogP contribution is 2.34. The molecule has 4 rings (SSSR count).